The molecule has 1 aromatic rings. The third-order valence-electron chi connectivity index (χ3n) is 5.70. The molecule has 2 aliphatic rings. The number of hydrogen-bond acceptors (Lipinski definition) is 4. The Balaban J connectivity index is 1.64. The molecule has 0 atom stereocenters. The Bertz CT molecular complexity index is 842. The molecule has 0 saturated carbocycles. The molecule has 5 nitrogen and oxygen atoms in total. The van der Waals surface area contributed by atoms with Crippen LogP contribution in [0.3, 0.4) is 0 Å². The van der Waals surface area contributed by atoms with Crippen LogP contribution in [-0.2, 0) is 17.5 Å². The van der Waals surface area contributed by atoms with E-state index in [4.69, 9.17) is 0 Å². The summed E-state index contributed by atoms with van der Waals surface area (Å²) in [5, 5.41) is 0. The van der Waals surface area contributed by atoms with Crippen molar-refractivity contribution in [1.82, 2.24) is 9.80 Å². The lowest BCUT2D eigenvalue weighted by Crippen LogP contribution is -2.52. The van der Waals surface area contributed by atoms with Crippen LogP contribution in [0, 0.1) is 0 Å². The fraction of sp³-hybridized carbons (Fsp3) is 0.650. The summed E-state index contributed by atoms with van der Waals surface area (Å²) in [4.78, 5) is 16.3. The molecule has 0 spiro atoms. The molecule has 34 heavy (non-hydrogen) atoms. The molecular weight excluding hydrogens is 485 g/mol. The van der Waals surface area contributed by atoms with Crippen molar-refractivity contribution in [1.29, 1.82) is 0 Å². The SMILES string of the molecule is O=C(OC(C(F)(F)F)C(F)(F)F)N1CCN(Cc2ccc(C(F)(F)F)cc2N2CCCC2)CC1. The Morgan fingerprint density at radius 2 is 1.41 bits per heavy atom. The summed E-state index contributed by atoms with van der Waals surface area (Å²) in [5.41, 5.74) is 0.266. The Hall–Kier alpha value is -2.38. The van der Waals surface area contributed by atoms with E-state index in [1.165, 1.54) is 6.07 Å². The van der Waals surface area contributed by atoms with Crippen LogP contribution >= 0.6 is 0 Å². The average molecular weight is 507 g/mol. The van der Waals surface area contributed by atoms with E-state index in [9.17, 15) is 44.3 Å². The predicted octanol–water partition coefficient (Wildman–Crippen LogP) is 5.05. The van der Waals surface area contributed by atoms with Gasteiger partial charge >= 0.3 is 24.6 Å². The minimum atomic E-state index is -5.80. The number of alkyl halides is 9. The molecule has 0 unspecified atom stereocenters. The monoisotopic (exact) mass is 507 g/mol. The van der Waals surface area contributed by atoms with Crippen LogP contribution in [0.4, 0.5) is 50.0 Å². The topological polar surface area (TPSA) is 36.0 Å². The third kappa shape index (κ3) is 6.39. The lowest BCUT2D eigenvalue weighted by Gasteiger charge is -2.36. The van der Waals surface area contributed by atoms with E-state index >= 15 is 0 Å². The van der Waals surface area contributed by atoms with Gasteiger partial charge in [0.05, 0.1) is 5.56 Å². The highest BCUT2D eigenvalue weighted by molar-refractivity contribution is 5.68. The van der Waals surface area contributed by atoms with Crippen molar-refractivity contribution in [2.24, 2.45) is 0 Å². The average Bonchev–Trinajstić information content (AvgIpc) is 3.25. The van der Waals surface area contributed by atoms with Crippen LogP contribution in [0.25, 0.3) is 0 Å². The number of anilines is 1. The Labute approximate surface area is 189 Å². The van der Waals surface area contributed by atoms with Crippen molar-refractivity contribution in [2.75, 3.05) is 44.2 Å². The first-order valence-corrected chi connectivity index (χ1v) is 10.4. The molecule has 2 heterocycles. The normalized spacial score (nSPS) is 18.6. The highest BCUT2D eigenvalue weighted by Crippen LogP contribution is 2.37. The number of nitrogens with zero attached hydrogens (tertiary/aromatic N) is 3. The Kier molecular flexibility index (Phi) is 7.48. The van der Waals surface area contributed by atoms with Crippen molar-refractivity contribution < 1.29 is 49.0 Å². The van der Waals surface area contributed by atoms with Crippen LogP contribution in [0.2, 0.25) is 0 Å². The van der Waals surface area contributed by atoms with Gasteiger partial charge in [-0.05, 0) is 30.5 Å². The van der Waals surface area contributed by atoms with Gasteiger partial charge in [0.15, 0.2) is 0 Å². The molecule has 2 saturated heterocycles. The second kappa shape index (κ2) is 9.70. The van der Waals surface area contributed by atoms with Gasteiger partial charge in [0.25, 0.3) is 6.10 Å². The van der Waals surface area contributed by atoms with Crippen molar-refractivity contribution in [3.8, 4) is 0 Å². The minimum Gasteiger partial charge on any atom is -0.426 e. The standard InChI is InChI=1S/C20H22F9N3O2/c21-18(22,23)14-4-3-13(15(11-14)31-5-1-2-6-31)12-30-7-9-32(10-8-30)17(33)34-16(19(24,25)26)20(27,28)29/h3-4,11,16H,1-2,5-10,12H2. The molecule has 0 radical (unpaired) electrons. The number of amides is 1. The maximum Gasteiger partial charge on any atom is 0.434 e. The fourth-order valence-corrected chi connectivity index (χ4v) is 3.95. The highest BCUT2D eigenvalue weighted by Gasteiger charge is 2.60. The summed E-state index contributed by atoms with van der Waals surface area (Å²) in [7, 11) is 0. The van der Waals surface area contributed by atoms with Gasteiger partial charge in [-0.3, -0.25) is 4.90 Å². The first-order valence-electron chi connectivity index (χ1n) is 10.4. The van der Waals surface area contributed by atoms with Crippen LogP contribution < -0.4 is 4.90 Å². The van der Waals surface area contributed by atoms with Gasteiger partial charge in [0.2, 0.25) is 0 Å². The second-order valence-electron chi connectivity index (χ2n) is 8.15. The zero-order chi connectivity index (χ0) is 25.3. The number of ether oxygens (including phenoxy) is 1. The van der Waals surface area contributed by atoms with Gasteiger partial charge in [0, 0.05) is 51.5 Å². The number of piperazine rings is 1. The first-order chi connectivity index (χ1) is 15.7. The quantitative estimate of drug-likeness (QED) is 0.535. The second-order valence-corrected chi connectivity index (χ2v) is 8.15. The third-order valence-corrected chi connectivity index (χ3v) is 5.70. The van der Waals surface area contributed by atoms with E-state index in [0.717, 1.165) is 29.9 Å². The largest absolute Gasteiger partial charge is 0.434 e. The maximum atomic E-state index is 13.2. The smallest absolute Gasteiger partial charge is 0.426 e. The molecule has 0 aromatic heterocycles. The minimum absolute atomic E-state index is 0.0955. The molecule has 0 bridgehead atoms. The molecule has 0 aliphatic carbocycles. The molecule has 0 N–H and O–H groups in total. The van der Waals surface area contributed by atoms with Crippen molar-refractivity contribution in [2.45, 2.75) is 44.0 Å². The van der Waals surface area contributed by atoms with E-state index in [1.807, 2.05) is 4.90 Å². The number of carbonyl (C=O) groups excluding carboxylic acids is 1. The summed E-state index contributed by atoms with van der Waals surface area (Å²) < 4.78 is 119. The van der Waals surface area contributed by atoms with E-state index < -0.39 is 36.3 Å². The Morgan fingerprint density at radius 3 is 1.91 bits per heavy atom. The number of benzene rings is 1. The fourth-order valence-electron chi connectivity index (χ4n) is 3.95. The maximum absolute atomic E-state index is 13.2. The molecule has 1 aromatic carbocycles. The molecule has 192 valence electrons. The summed E-state index contributed by atoms with van der Waals surface area (Å²) >= 11 is 0. The van der Waals surface area contributed by atoms with Gasteiger partial charge in [-0.2, -0.15) is 39.5 Å². The first kappa shape index (κ1) is 26.2. The molecule has 14 heteroatoms. The molecular formula is C20H22F9N3O2. The van der Waals surface area contributed by atoms with E-state index in [2.05, 4.69) is 4.74 Å². The van der Waals surface area contributed by atoms with Crippen LogP contribution in [0.1, 0.15) is 24.0 Å². The summed E-state index contributed by atoms with van der Waals surface area (Å²) in [6.07, 6.45) is -20.4. The van der Waals surface area contributed by atoms with Crippen LogP contribution in [-0.4, -0.2) is 73.6 Å². The summed E-state index contributed by atoms with van der Waals surface area (Å²) in [6, 6.07) is 3.42. The van der Waals surface area contributed by atoms with Gasteiger partial charge in [-0.1, -0.05) is 6.07 Å². The number of halogens is 9. The number of hydrogen-bond donors (Lipinski definition) is 0. The number of carbonyl (C=O) groups is 1. The molecule has 1 amide bonds. The van der Waals surface area contributed by atoms with E-state index in [-0.39, 0.29) is 32.7 Å². The van der Waals surface area contributed by atoms with E-state index in [1.54, 1.807) is 4.90 Å². The highest BCUT2D eigenvalue weighted by atomic mass is 19.4. The van der Waals surface area contributed by atoms with E-state index in [0.29, 0.717) is 24.3 Å². The van der Waals surface area contributed by atoms with Gasteiger partial charge in [0.1, 0.15) is 0 Å². The van der Waals surface area contributed by atoms with Gasteiger partial charge in [-0.25, -0.2) is 4.79 Å². The lowest BCUT2D eigenvalue weighted by atomic mass is 10.1. The molecule has 2 aliphatic heterocycles. The zero-order valence-electron chi connectivity index (χ0n) is 17.7. The summed E-state index contributed by atoms with van der Waals surface area (Å²) in [6.45, 7) is 1.22. The van der Waals surface area contributed by atoms with Crippen molar-refractivity contribution in [3.05, 3.63) is 29.3 Å². The number of rotatable bonds is 4. The Morgan fingerprint density at radius 1 is 0.853 bits per heavy atom. The van der Waals surface area contributed by atoms with Gasteiger partial charge in [-0.15, -0.1) is 0 Å². The van der Waals surface area contributed by atoms with Gasteiger partial charge < -0.3 is 14.5 Å². The molecule has 3 rings (SSSR count). The zero-order valence-corrected chi connectivity index (χ0v) is 17.7. The van der Waals surface area contributed by atoms with Crippen LogP contribution in [0.15, 0.2) is 18.2 Å². The van der Waals surface area contributed by atoms with Crippen LogP contribution in [0.5, 0.6) is 0 Å². The molecule has 2 fully saturated rings. The van der Waals surface area contributed by atoms with Crippen molar-refractivity contribution in [3.63, 3.8) is 0 Å². The summed E-state index contributed by atoms with van der Waals surface area (Å²) in [5.74, 6) is 0. The lowest BCUT2D eigenvalue weighted by molar-refractivity contribution is -0.308. The van der Waals surface area contributed by atoms with Crippen molar-refractivity contribution >= 4 is 11.8 Å². The predicted molar refractivity (Wildman–Crippen MR) is 102 cm³/mol.